The van der Waals surface area contributed by atoms with Gasteiger partial charge in [-0.3, -0.25) is 4.68 Å². The topological polar surface area (TPSA) is 29.9 Å². The van der Waals surface area contributed by atoms with Gasteiger partial charge in [-0.1, -0.05) is 0 Å². The summed E-state index contributed by atoms with van der Waals surface area (Å²) in [7, 11) is 4.10. The van der Waals surface area contributed by atoms with Crippen LogP contribution in [-0.2, 0) is 13.5 Å². The first kappa shape index (κ1) is 10.7. The first-order chi connectivity index (χ1) is 7.13. The summed E-state index contributed by atoms with van der Waals surface area (Å²) in [6.45, 7) is 4.27. The number of likely N-dealkylation sites (N-methyl/N-ethyl adjacent to an activating group) is 1. The van der Waals surface area contributed by atoms with Crippen LogP contribution < -0.4 is 5.32 Å². The molecule has 0 amide bonds. The lowest BCUT2D eigenvalue weighted by atomic mass is 10.0. The van der Waals surface area contributed by atoms with Crippen LogP contribution >= 0.6 is 0 Å². The van der Waals surface area contributed by atoms with Crippen molar-refractivity contribution in [2.45, 2.75) is 39.2 Å². The van der Waals surface area contributed by atoms with Gasteiger partial charge < -0.3 is 5.32 Å². The van der Waals surface area contributed by atoms with Crippen molar-refractivity contribution in [2.24, 2.45) is 13.0 Å². The molecule has 0 aliphatic heterocycles. The molecular formula is C12H21N3. The fourth-order valence-electron chi connectivity index (χ4n) is 2.34. The molecule has 1 atom stereocenters. The van der Waals surface area contributed by atoms with E-state index in [1.54, 1.807) is 0 Å². The Labute approximate surface area is 91.9 Å². The molecule has 3 nitrogen and oxygen atoms in total. The zero-order chi connectivity index (χ0) is 11.0. The van der Waals surface area contributed by atoms with Gasteiger partial charge in [0.1, 0.15) is 0 Å². The highest BCUT2D eigenvalue weighted by Crippen LogP contribution is 2.34. The minimum Gasteiger partial charge on any atom is -0.316 e. The first-order valence-corrected chi connectivity index (χ1v) is 5.79. The maximum Gasteiger partial charge on any atom is 0.0628 e. The molecule has 84 valence electrons. The van der Waals surface area contributed by atoms with Gasteiger partial charge in [-0.25, -0.2) is 0 Å². The highest BCUT2D eigenvalue weighted by Gasteiger charge is 2.31. The molecule has 1 aromatic heterocycles. The first-order valence-electron chi connectivity index (χ1n) is 5.79. The van der Waals surface area contributed by atoms with Crippen LogP contribution in [0.1, 0.15) is 29.8 Å². The van der Waals surface area contributed by atoms with E-state index in [0.717, 1.165) is 12.3 Å². The van der Waals surface area contributed by atoms with Crippen molar-refractivity contribution in [1.29, 1.82) is 0 Å². The molecule has 3 heteroatoms. The molecule has 15 heavy (non-hydrogen) atoms. The molecule has 0 aromatic carbocycles. The summed E-state index contributed by atoms with van der Waals surface area (Å²) < 4.78 is 1.99. The Kier molecular flexibility index (Phi) is 2.83. The third kappa shape index (κ3) is 2.07. The predicted octanol–water partition coefficient (Wildman–Crippen LogP) is 1.58. The fraction of sp³-hybridized carbons (Fsp3) is 0.750. The maximum atomic E-state index is 4.47. The molecule has 1 fully saturated rings. The summed E-state index contributed by atoms with van der Waals surface area (Å²) in [5.74, 6) is 0.897. The summed E-state index contributed by atoms with van der Waals surface area (Å²) in [5, 5.41) is 7.91. The largest absolute Gasteiger partial charge is 0.316 e. The number of aromatic nitrogens is 2. The molecule has 1 aromatic rings. The average molecular weight is 207 g/mol. The predicted molar refractivity (Wildman–Crippen MR) is 62.0 cm³/mol. The SMILES string of the molecule is CNC(Cc1c(C)nn(C)c1C)C1CC1. The van der Waals surface area contributed by atoms with Crippen LogP contribution in [0.5, 0.6) is 0 Å². The number of nitrogens with one attached hydrogen (secondary N) is 1. The number of rotatable bonds is 4. The van der Waals surface area contributed by atoms with Gasteiger partial charge in [0.25, 0.3) is 0 Å². The molecule has 0 spiro atoms. The van der Waals surface area contributed by atoms with E-state index in [2.05, 4.69) is 31.3 Å². The Morgan fingerprint density at radius 3 is 2.53 bits per heavy atom. The second-order valence-electron chi connectivity index (χ2n) is 4.71. The molecule has 1 aliphatic carbocycles. The van der Waals surface area contributed by atoms with Crippen LogP contribution in [0.25, 0.3) is 0 Å². The third-order valence-corrected chi connectivity index (χ3v) is 3.64. The highest BCUT2D eigenvalue weighted by atomic mass is 15.3. The number of aryl methyl sites for hydroxylation is 2. The lowest BCUT2D eigenvalue weighted by Crippen LogP contribution is -2.30. The molecule has 1 unspecified atom stereocenters. The van der Waals surface area contributed by atoms with E-state index in [1.165, 1.54) is 29.8 Å². The van der Waals surface area contributed by atoms with E-state index in [4.69, 9.17) is 0 Å². The molecule has 1 saturated carbocycles. The van der Waals surface area contributed by atoms with Crippen molar-refractivity contribution >= 4 is 0 Å². The van der Waals surface area contributed by atoms with Gasteiger partial charge in [0, 0.05) is 18.8 Å². The van der Waals surface area contributed by atoms with Crippen LogP contribution in [0, 0.1) is 19.8 Å². The van der Waals surface area contributed by atoms with Gasteiger partial charge >= 0.3 is 0 Å². The molecular weight excluding hydrogens is 186 g/mol. The molecule has 0 radical (unpaired) electrons. The van der Waals surface area contributed by atoms with Gasteiger partial charge in [0.2, 0.25) is 0 Å². The summed E-state index contributed by atoms with van der Waals surface area (Å²) in [5.41, 5.74) is 3.94. The lowest BCUT2D eigenvalue weighted by molar-refractivity contribution is 0.498. The van der Waals surface area contributed by atoms with E-state index in [0.29, 0.717) is 6.04 Å². The Morgan fingerprint density at radius 2 is 2.13 bits per heavy atom. The van der Waals surface area contributed by atoms with E-state index < -0.39 is 0 Å². The molecule has 1 heterocycles. The highest BCUT2D eigenvalue weighted by molar-refractivity contribution is 5.25. The summed E-state index contributed by atoms with van der Waals surface area (Å²) >= 11 is 0. The van der Waals surface area contributed by atoms with Crippen LogP contribution in [-0.4, -0.2) is 22.9 Å². The van der Waals surface area contributed by atoms with Crippen molar-refractivity contribution in [3.8, 4) is 0 Å². The quantitative estimate of drug-likeness (QED) is 0.812. The number of hydrogen-bond donors (Lipinski definition) is 1. The number of hydrogen-bond acceptors (Lipinski definition) is 2. The van der Waals surface area contributed by atoms with Crippen LogP contribution in [0.2, 0.25) is 0 Å². The zero-order valence-electron chi connectivity index (χ0n) is 10.2. The van der Waals surface area contributed by atoms with Gasteiger partial charge in [0.05, 0.1) is 5.69 Å². The number of nitrogens with zero attached hydrogens (tertiary/aromatic N) is 2. The second kappa shape index (κ2) is 3.97. The average Bonchev–Trinajstić information content (AvgIpc) is 2.98. The fourth-order valence-corrected chi connectivity index (χ4v) is 2.34. The standard InChI is InChI=1S/C12H21N3/c1-8-11(9(2)15(4)14-8)7-12(13-3)10-5-6-10/h10,12-13H,5-7H2,1-4H3. The van der Waals surface area contributed by atoms with Crippen molar-refractivity contribution in [3.05, 3.63) is 17.0 Å². The van der Waals surface area contributed by atoms with E-state index in [-0.39, 0.29) is 0 Å². The third-order valence-electron chi connectivity index (χ3n) is 3.64. The minimum absolute atomic E-state index is 0.645. The van der Waals surface area contributed by atoms with Gasteiger partial charge in [-0.2, -0.15) is 5.10 Å². The van der Waals surface area contributed by atoms with Gasteiger partial charge in [-0.15, -0.1) is 0 Å². The molecule has 0 bridgehead atoms. The second-order valence-corrected chi connectivity index (χ2v) is 4.71. The van der Waals surface area contributed by atoms with Crippen LogP contribution in [0.4, 0.5) is 0 Å². The normalized spacial score (nSPS) is 18.1. The van der Waals surface area contributed by atoms with E-state index in [9.17, 15) is 0 Å². The van der Waals surface area contributed by atoms with Crippen molar-refractivity contribution in [3.63, 3.8) is 0 Å². The smallest absolute Gasteiger partial charge is 0.0628 e. The maximum absolute atomic E-state index is 4.47. The van der Waals surface area contributed by atoms with Gasteiger partial charge in [0.15, 0.2) is 0 Å². The van der Waals surface area contributed by atoms with E-state index in [1.807, 2.05) is 11.7 Å². The zero-order valence-corrected chi connectivity index (χ0v) is 10.2. The molecule has 1 aliphatic rings. The van der Waals surface area contributed by atoms with Crippen molar-refractivity contribution in [2.75, 3.05) is 7.05 Å². The van der Waals surface area contributed by atoms with Gasteiger partial charge in [-0.05, 0) is 51.6 Å². The molecule has 0 saturated heterocycles. The van der Waals surface area contributed by atoms with Crippen LogP contribution in [0.15, 0.2) is 0 Å². The Hall–Kier alpha value is -0.830. The van der Waals surface area contributed by atoms with E-state index >= 15 is 0 Å². The molecule has 1 N–H and O–H groups in total. The summed E-state index contributed by atoms with van der Waals surface area (Å²) in [4.78, 5) is 0. The summed E-state index contributed by atoms with van der Waals surface area (Å²) in [6.07, 6.45) is 3.92. The lowest BCUT2D eigenvalue weighted by Gasteiger charge is -2.15. The minimum atomic E-state index is 0.645. The molecule has 2 rings (SSSR count). The van der Waals surface area contributed by atoms with Crippen molar-refractivity contribution in [1.82, 2.24) is 15.1 Å². The Morgan fingerprint density at radius 1 is 1.47 bits per heavy atom. The Balaban J connectivity index is 2.14. The summed E-state index contributed by atoms with van der Waals surface area (Å²) in [6, 6.07) is 0.645. The van der Waals surface area contributed by atoms with Crippen molar-refractivity contribution < 1.29 is 0 Å². The van der Waals surface area contributed by atoms with Crippen LogP contribution in [0.3, 0.4) is 0 Å². The Bertz CT molecular complexity index is 350. The monoisotopic (exact) mass is 207 g/mol.